The lowest BCUT2D eigenvalue weighted by Crippen LogP contribution is -2.43. The van der Waals surface area contributed by atoms with Crippen LogP contribution in [0.25, 0.3) is 0 Å². The summed E-state index contributed by atoms with van der Waals surface area (Å²) in [7, 11) is 0. The summed E-state index contributed by atoms with van der Waals surface area (Å²) in [6, 6.07) is 11.4. The van der Waals surface area contributed by atoms with Crippen molar-refractivity contribution in [3.05, 3.63) is 65.0 Å². The zero-order chi connectivity index (χ0) is 16.8. The summed E-state index contributed by atoms with van der Waals surface area (Å²) in [4.78, 5) is 23.5. The number of rotatable bonds is 4. The SMILES string of the molecule is Cc1ccc(C(=O)NNC(=O)COc2ccccc2C)cc1F. The molecule has 0 radical (unpaired) electrons. The van der Waals surface area contributed by atoms with Gasteiger partial charge >= 0.3 is 0 Å². The molecular formula is C17H17FN2O3. The molecule has 0 aliphatic heterocycles. The van der Waals surface area contributed by atoms with Gasteiger partial charge in [0.1, 0.15) is 11.6 Å². The Morgan fingerprint density at radius 1 is 1.04 bits per heavy atom. The number of aryl methyl sites for hydroxylation is 2. The van der Waals surface area contributed by atoms with Crippen molar-refractivity contribution in [1.29, 1.82) is 0 Å². The molecule has 0 aliphatic rings. The fraction of sp³-hybridized carbons (Fsp3) is 0.176. The molecule has 23 heavy (non-hydrogen) atoms. The van der Waals surface area contributed by atoms with Crippen molar-refractivity contribution in [3.63, 3.8) is 0 Å². The van der Waals surface area contributed by atoms with Crippen LogP contribution in [0.15, 0.2) is 42.5 Å². The van der Waals surface area contributed by atoms with E-state index in [1.165, 1.54) is 12.1 Å². The van der Waals surface area contributed by atoms with Crippen LogP contribution in [0.2, 0.25) is 0 Å². The summed E-state index contributed by atoms with van der Waals surface area (Å²) in [5, 5.41) is 0. The maximum absolute atomic E-state index is 13.4. The second kappa shape index (κ2) is 7.40. The highest BCUT2D eigenvalue weighted by Crippen LogP contribution is 2.15. The molecule has 0 aliphatic carbocycles. The summed E-state index contributed by atoms with van der Waals surface area (Å²) < 4.78 is 18.7. The molecule has 0 atom stereocenters. The zero-order valence-corrected chi connectivity index (χ0v) is 12.9. The first kappa shape index (κ1) is 16.5. The van der Waals surface area contributed by atoms with Crippen LogP contribution in [-0.4, -0.2) is 18.4 Å². The number of hydrogen-bond donors (Lipinski definition) is 2. The quantitative estimate of drug-likeness (QED) is 0.851. The number of halogens is 1. The Kier molecular flexibility index (Phi) is 5.30. The van der Waals surface area contributed by atoms with Crippen LogP contribution in [0.3, 0.4) is 0 Å². The van der Waals surface area contributed by atoms with Gasteiger partial charge in [-0.3, -0.25) is 20.4 Å². The first-order chi connectivity index (χ1) is 11.0. The topological polar surface area (TPSA) is 67.4 Å². The van der Waals surface area contributed by atoms with Gasteiger partial charge in [0.15, 0.2) is 6.61 Å². The molecule has 0 saturated carbocycles. The Morgan fingerprint density at radius 3 is 2.48 bits per heavy atom. The molecule has 0 unspecified atom stereocenters. The third-order valence-electron chi connectivity index (χ3n) is 3.20. The summed E-state index contributed by atoms with van der Waals surface area (Å²) >= 11 is 0. The second-order valence-corrected chi connectivity index (χ2v) is 5.02. The number of nitrogens with one attached hydrogen (secondary N) is 2. The van der Waals surface area contributed by atoms with Crippen LogP contribution in [0.4, 0.5) is 4.39 Å². The average Bonchev–Trinajstić information content (AvgIpc) is 2.54. The van der Waals surface area contributed by atoms with Gasteiger partial charge in [0.25, 0.3) is 11.8 Å². The first-order valence-electron chi connectivity index (χ1n) is 7.01. The van der Waals surface area contributed by atoms with E-state index in [9.17, 15) is 14.0 Å². The van der Waals surface area contributed by atoms with Gasteiger partial charge in [-0.25, -0.2) is 4.39 Å². The van der Waals surface area contributed by atoms with Gasteiger partial charge in [-0.05, 0) is 43.2 Å². The van der Waals surface area contributed by atoms with E-state index >= 15 is 0 Å². The summed E-state index contributed by atoms with van der Waals surface area (Å²) in [5.74, 6) is -1.01. The number of carbonyl (C=O) groups excluding carboxylic acids is 2. The Labute approximate surface area is 133 Å². The average molecular weight is 316 g/mol. The van der Waals surface area contributed by atoms with Gasteiger partial charge in [-0.15, -0.1) is 0 Å². The minimum Gasteiger partial charge on any atom is -0.483 e. The molecule has 2 N–H and O–H groups in total. The molecule has 0 fully saturated rings. The Balaban J connectivity index is 1.83. The van der Waals surface area contributed by atoms with Crippen molar-refractivity contribution >= 4 is 11.8 Å². The lowest BCUT2D eigenvalue weighted by molar-refractivity contribution is -0.123. The van der Waals surface area contributed by atoms with E-state index < -0.39 is 17.6 Å². The van der Waals surface area contributed by atoms with Gasteiger partial charge in [-0.1, -0.05) is 24.3 Å². The number of ether oxygens (including phenoxy) is 1. The summed E-state index contributed by atoms with van der Waals surface area (Å²) in [6.07, 6.45) is 0. The molecule has 2 amide bonds. The van der Waals surface area contributed by atoms with E-state index in [1.807, 2.05) is 19.1 Å². The molecule has 6 heteroatoms. The van der Waals surface area contributed by atoms with E-state index in [0.717, 1.165) is 11.6 Å². The molecule has 0 bridgehead atoms. The van der Waals surface area contributed by atoms with Crippen LogP contribution >= 0.6 is 0 Å². The normalized spacial score (nSPS) is 10.0. The highest BCUT2D eigenvalue weighted by atomic mass is 19.1. The molecule has 5 nitrogen and oxygen atoms in total. The highest BCUT2D eigenvalue weighted by molar-refractivity contribution is 5.95. The molecule has 2 rings (SSSR count). The van der Waals surface area contributed by atoms with Gasteiger partial charge in [0.2, 0.25) is 0 Å². The van der Waals surface area contributed by atoms with Gasteiger partial charge in [-0.2, -0.15) is 0 Å². The molecule has 2 aromatic carbocycles. The van der Waals surface area contributed by atoms with E-state index in [2.05, 4.69) is 10.9 Å². The van der Waals surface area contributed by atoms with Gasteiger partial charge in [0, 0.05) is 5.56 Å². The van der Waals surface area contributed by atoms with Crippen molar-refractivity contribution in [2.75, 3.05) is 6.61 Å². The Bertz CT molecular complexity index is 732. The monoisotopic (exact) mass is 316 g/mol. The fourth-order valence-electron chi connectivity index (χ4n) is 1.83. The number of amides is 2. The third kappa shape index (κ3) is 4.54. The van der Waals surface area contributed by atoms with Crippen LogP contribution in [0, 0.1) is 19.7 Å². The highest BCUT2D eigenvalue weighted by Gasteiger charge is 2.10. The number of carbonyl (C=O) groups is 2. The number of hydrogen-bond acceptors (Lipinski definition) is 3. The largest absolute Gasteiger partial charge is 0.483 e. The predicted molar refractivity (Wildman–Crippen MR) is 83.4 cm³/mol. The molecule has 0 spiro atoms. The molecule has 120 valence electrons. The Hall–Kier alpha value is -2.89. The zero-order valence-electron chi connectivity index (χ0n) is 12.9. The molecule has 2 aromatic rings. The van der Waals surface area contributed by atoms with Crippen molar-refractivity contribution in [2.24, 2.45) is 0 Å². The van der Waals surface area contributed by atoms with Crippen molar-refractivity contribution in [3.8, 4) is 5.75 Å². The van der Waals surface area contributed by atoms with Crippen molar-refractivity contribution < 1.29 is 18.7 Å². The van der Waals surface area contributed by atoms with E-state index in [4.69, 9.17) is 4.74 Å². The second-order valence-electron chi connectivity index (χ2n) is 5.02. The minimum absolute atomic E-state index is 0.119. The Morgan fingerprint density at radius 2 is 1.78 bits per heavy atom. The van der Waals surface area contributed by atoms with E-state index in [0.29, 0.717) is 11.3 Å². The van der Waals surface area contributed by atoms with E-state index in [1.54, 1.807) is 19.1 Å². The fourth-order valence-corrected chi connectivity index (χ4v) is 1.83. The smallest absolute Gasteiger partial charge is 0.276 e. The number of benzene rings is 2. The minimum atomic E-state index is -0.604. The van der Waals surface area contributed by atoms with Crippen molar-refractivity contribution in [2.45, 2.75) is 13.8 Å². The lowest BCUT2D eigenvalue weighted by atomic mass is 10.1. The maximum atomic E-state index is 13.4. The molecule has 0 saturated heterocycles. The van der Waals surface area contributed by atoms with Crippen LogP contribution in [0.5, 0.6) is 5.75 Å². The first-order valence-corrected chi connectivity index (χ1v) is 7.01. The predicted octanol–water partition coefficient (Wildman–Crippen LogP) is 2.28. The van der Waals surface area contributed by atoms with Crippen LogP contribution in [0.1, 0.15) is 21.5 Å². The van der Waals surface area contributed by atoms with E-state index in [-0.39, 0.29) is 12.2 Å². The van der Waals surface area contributed by atoms with Gasteiger partial charge in [0.05, 0.1) is 0 Å². The van der Waals surface area contributed by atoms with Crippen LogP contribution in [-0.2, 0) is 4.79 Å². The lowest BCUT2D eigenvalue weighted by Gasteiger charge is -2.10. The van der Waals surface area contributed by atoms with Crippen molar-refractivity contribution in [1.82, 2.24) is 10.9 Å². The summed E-state index contributed by atoms with van der Waals surface area (Å²) in [6.45, 7) is 3.22. The molecule has 0 aromatic heterocycles. The number of para-hydroxylation sites is 1. The van der Waals surface area contributed by atoms with Crippen LogP contribution < -0.4 is 15.6 Å². The summed E-state index contributed by atoms with van der Waals surface area (Å²) in [5.41, 5.74) is 5.89. The molecular weight excluding hydrogens is 299 g/mol. The number of hydrazine groups is 1. The standard InChI is InChI=1S/C17H17FN2O3/c1-11-7-8-13(9-14(11)18)17(22)20-19-16(21)10-23-15-6-4-3-5-12(15)2/h3-9H,10H2,1-2H3,(H,19,21)(H,20,22). The molecule has 0 heterocycles. The third-order valence-corrected chi connectivity index (χ3v) is 3.20. The van der Waals surface area contributed by atoms with Gasteiger partial charge < -0.3 is 4.74 Å². The maximum Gasteiger partial charge on any atom is 0.276 e.